The SMILES string of the molecule is COc1ccccc1[C@@H]1CN(CC(=O)N[C@@H](C)Cc2cccnc2)Cc2ccccc2O1. The Morgan fingerprint density at radius 1 is 1.19 bits per heavy atom. The lowest BCUT2D eigenvalue weighted by molar-refractivity contribution is -0.123. The van der Waals surface area contributed by atoms with Crippen molar-refractivity contribution in [3.63, 3.8) is 0 Å². The normalized spacial score (nSPS) is 16.9. The maximum absolute atomic E-state index is 12.9. The molecule has 2 aromatic carbocycles. The summed E-state index contributed by atoms with van der Waals surface area (Å²) in [5.74, 6) is 1.63. The van der Waals surface area contributed by atoms with Crippen LogP contribution in [-0.4, -0.2) is 42.0 Å². The van der Waals surface area contributed by atoms with Crippen molar-refractivity contribution in [3.8, 4) is 11.5 Å². The van der Waals surface area contributed by atoms with E-state index in [0.717, 1.165) is 34.6 Å². The summed E-state index contributed by atoms with van der Waals surface area (Å²) in [5.41, 5.74) is 3.15. The molecule has 0 saturated carbocycles. The van der Waals surface area contributed by atoms with Crippen molar-refractivity contribution in [2.45, 2.75) is 32.0 Å². The fourth-order valence-corrected chi connectivity index (χ4v) is 4.14. The highest BCUT2D eigenvalue weighted by molar-refractivity contribution is 5.78. The minimum absolute atomic E-state index is 0.000418. The molecule has 1 N–H and O–H groups in total. The van der Waals surface area contributed by atoms with Gasteiger partial charge in [-0.2, -0.15) is 0 Å². The molecular formula is C26H29N3O3. The molecule has 0 aliphatic carbocycles. The molecule has 1 amide bonds. The zero-order valence-electron chi connectivity index (χ0n) is 18.5. The van der Waals surface area contributed by atoms with Gasteiger partial charge in [-0.05, 0) is 37.1 Å². The van der Waals surface area contributed by atoms with Crippen molar-refractivity contribution in [1.82, 2.24) is 15.2 Å². The van der Waals surface area contributed by atoms with Gasteiger partial charge in [0.25, 0.3) is 0 Å². The van der Waals surface area contributed by atoms with Crippen molar-refractivity contribution in [3.05, 3.63) is 89.7 Å². The monoisotopic (exact) mass is 431 g/mol. The molecule has 6 nitrogen and oxygen atoms in total. The van der Waals surface area contributed by atoms with Gasteiger partial charge in [0.15, 0.2) is 0 Å². The molecule has 1 aliphatic heterocycles. The topological polar surface area (TPSA) is 63.7 Å². The minimum atomic E-state index is -0.240. The van der Waals surface area contributed by atoms with Crippen molar-refractivity contribution in [2.24, 2.45) is 0 Å². The van der Waals surface area contributed by atoms with Gasteiger partial charge >= 0.3 is 0 Å². The number of fused-ring (bicyclic) bond motifs is 1. The Labute approximate surface area is 189 Å². The van der Waals surface area contributed by atoms with E-state index in [1.54, 1.807) is 13.3 Å². The molecule has 2 heterocycles. The van der Waals surface area contributed by atoms with E-state index in [4.69, 9.17) is 9.47 Å². The summed E-state index contributed by atoms with van der Waals surface area (Å²) in [7, 11) is 1.67. The van der Waals surface area contributed by atoms with E-state index >= 15 is 0 Å². The molecule has 0 bridgehead atoms. The summed E-state index contributed by atoms with van der Waals surface area (Å²) < 4.78 is 12.0. The Morgan fingerprint density at radius 3 is 2.81 bits per heavy atom. The molecule has 3 aromatic rings. The van der Waals surface area contributed by atoms with Crippen LogP contribution >= 0.6 is 0 Å². The van der Waals surface area contributed by atoms with Crippen LogP contribution in [0.4, 0.5) is 0 Å². The number of amides is 1. The van der Waals surface area contributed by atoms with Crippen LogP contribution < -0.4 is 14.8 Å². The molecular weight excluding hydrogens is 402 g/mol. The summed E-state index contributed by atoms with van der Waals surface area (Å²) in [6.07, 6.45) is 4.10. The average molecular weight is 432 g/mol. The summed E-state index contributed by atoms with van der Waals surface area (Å²) in [5, 5.41) is 3.12. The molecule has 166 valence electrons. The van der Waals surface area contributed by atoms with Gasteiger partial charge in [0.05, 0.1) is 13.7 Å². The van der Waals surface area contributed by atoms with E-state index in [9.17, 15) is 4.79 Å². The number of nitrogens with one attached hydrogen (secondary N) is 1. The average Bonchev–Trinajstić information content (AvgIpc) is 2.98. The molecule has 32 heavy (non-hydrogen) atoms. The van der Waals surface area contributed by atoms with Gasteiger partial charge in [0.2, 0.25) is 5.91 Å². The van der Waals surface area contributed by atoms with Gasteiger partial charge in [-0.25, -0.2) is 0 Å². The highest BCUT2D eigenvalue weighted by Crippen LogP contribution is 2.34. The zero-order chi connectivity index (χ0) is 22.3. The van der Waals surface area contributed by atoms with Crippen molar-refractivity contribution >= 4 is 5.91 Å². The number of carbonyl (C=O) groups is 1. The van der Waals surface area contributed by atoms with Crippen molar-refractivity contribution < 1.29 is 14.3 Å². The van der Waals surface area contributed by atoms with Crippen molar-refractivity contribution in [1.29, 1.82) is 0 Å². The fourth-order valence-electron chi connectivity index (χ4n) is 4.14. The maximum atomic E-state index is 12.9. The first-order chi connectivity index (χ1) is 15.6. The van der Waals surface area contributed by atoms with Crippen molar-refractivity contribution in [2.75, 3.05) is 20.2 Å². The molecule has 1 aromatic heterocycles. The minimum Gasteiger partial charge on any atom is -0.496 e. The van der Waals surface area contributed by atoms with Gasteiger partial charge in [0, 0.05) is 42.7 Å². The number of para-hydroxylation sites is 2. The number of aromatic nitrogens is 1. The second kappa shape index (κ2) is 10.3. The van der Waals surface area contributed by atoms with E-state index < -0.39 is 0 Å². The van der Waals surface area contributed by atoms with Gasteiger partial charge < -0.3 is 14.8 Å². The van der Waals surface area contributed by atoms with Gasteiger partial charge in [-0.15, -0.1) is 0 Å². The summed E-state index contributed by atoms with van der Waals surface area (Å²) in [4.78, 5) is 19.2. The predicted octanol–water partition coefficient (Wildman–Crippen LogP) is 3.77. The van der Waals surface area contributed by atoms with E-state index in [1.165, 1.54) is 0 Å². The first-order valence-corrected chi connectivity index (χ1v) is 10.9. The number of benzene rings is 2. The lowest BCUT2D eigenvalue weighted by atomic mass is 10.1. The van der Waals surface area contributed by atoms with Crippen LogP contribution in [0.25, 0.3) is 0 Å². The zero-order valence-corrected chi connectivity index (χ0v) is 18.5. The summed E-state index contributed by atoms with van der Waals surface area (Å²) >= 11 is 0. The van der Waals surface area contributed by atoms with Gasteiger partial charge in [0.1, 0.15) is 17.6 Å². The molecule has 0 saturated heterocycles. The first-order valence-electron chi connectivity index (χ1n) is 10.9. The Kier molecular flexibility index (Phi) is 7.02. The quantitative estimate of drug-likeness (QED) is 0.617. The van der Waals surface area contributed by atoms with E-state index in [0.29, 0.717) is 19.6 Å². The van der Waals surface area contributed by atoms with E-state index in [2.05, 4.69) is 21.3 Å². The number of carbonyl (C=O) groups excluding carboxylic acids is 1. The number of hydrogen-bond donors (Lipinski definition) is 1. The molecule has 0 fully saturated rings. The number of rotatable bonds is 7. The summed E-state index contributed by atoms with van der Waals surface area (Å²) in [6.45, 7) is 3.54. The lowest BCUT2D eigenvalue weighted by Gasteiger charge is -2.25. The number of pyridine rings is 1. The van der Waals surface area contributed by atoms with Crippen LogP contribution in [0.15, 0.2) is 73.1 Å². The number of hydrogen-bond acceptors (Lipinski definition) is 5. The molecule has 0 radical (unpaired) electrons. The Morgan fingerprint density at radius 2 is 2.00 bits per heavy atom. The largest absolute Gasteiger partial charge is 0.496 e. The smallest absolute Gasteiger partial charge is 0.234 e. The Hall–Kier alpha value is -3.38. The fraction of sp³-hybridized carbons (Fsp3) is 0.308. The van der Waals surface area contributed by atoms with Crippen LogP contribution in [0.2, 0.25) is 0 Å². The summed E-state index contributed by atoms with van der Waals surface area (Å²) in [6, 6.07) is 19.9. The number of nitrogens with zero attached hydrogens (tertiary/aromatic N) is 2. The maximum Gasteiger partial charge on any atom is 0.234 e. The third-order valence-electron chi connectivity index (χ3n) is 5.58. The Balaban J connectivity index is 1.48. The number of methoxy groups -OCH3 is 1. The third-order valence-corrected chi connectivity index (χ3v) is 5.58. The van der Waals surface area contributed by atoms with E-state index in [-0.39, 0.29) is 18.1 Å². The molecule has 6 heteroatoms. The van der Waals surface area contributed by atoms with Crippen LogP contribution in [0.3, 0.4) is 0 Å². The van der Waals surface area contributed by atoms with Gasteiger partial charge in [-0.1, -0.05) is 42.5 Å². The lowest BCUT2D eigenvalue weighted by Crippen LogP contribution is -2.42. The highest BCUT2D eigenvalue weighted by Gasteiger charge is 2.27. The van der Waals surface area contributed by atoms with Crippen LogP contribution in [0, 0.1) is 0 Å². The van der Waals surface area contributed by atoms with E-state index in [1.807, 2.05) is 67.7 Å². The van der Waals surface area contributed by atoms with Crippen LogP contribution in [0.5, 0.6) is 11.5 Å². The predicted molar refractivity (Wildman–Crippen MR) is 124 cm³/mol. The number of ether oxygens (including phenoxy) is 2. The Bertz CT molecular complexity index is 1040. The molecule has 2 atom stereocenters. The molecule has 4 rings (SSSR count). The second-order valence-electron chi connectivity index (χ2n) is 8.16. The standard InChI is InChI=1S/C26H29N3O3/c1-19(14-20-8-7-13-27-15-20)28-26(30)18-29-16-21-9-3-5-11-23(21)32-25(17-29)22-10-4-6-12-24(22)31-2/h3-13,15,19,25H,14,16-18H2,1-2H3,(H,28,30)/t19-,25-/m0/s1. The second-order valence-corrected chi connectivity index (χ2v) is 8.16. The molecule has 0 unspecified atom stereocenters. The highest BCUT2D eigenvalue weighted by atomic mass is 16.5. The van der Waals surface area contributed by atoms with Gasteiger partial charge in [-0.3, -0.25) is 14.7 Å². The molecule has 0 spiro atoms. The third kappa shape index (κ3) is 5.45. The molecule has 1 aliphatic rings. The first kappa shape index (κ1) is 21.8. The van der Waals surface area contributed by atoms with Crippen LogP contribution in [0.1, 0.15) is 29.7 Å². The van der Waals surface area contributed by atoms with Crippen LogP contribution in [-0.2, 0) is 17.8 Å².